The molecule has 1 aromatic heterocycles. The van der Waals surface area contributed by atoms with Crippen LogP contribution in [0.4, 0.5) is 5.69 Å². The number of thiophene rings is 1. The summed E-state index contributed by atoms with van der Waals surface area (Å²) in [5, 5.41) is 4.78. The van der Waals surface area contributed by atoms with Crippen LogP contribution in [0.2, 0.25) is 0 Å². The number of halogens is 2. The topological polar surface area (TPSA) is 49.4 Å². The minimum atomic E-state index is -0.417. The maximum absolute atomic E-state index is 12.6. The van der Waals surface area contributed by atoms with E-state index in [9.17, 15) is 9.59 Å². The van der Waals surface area contributed by atoms with Crippen LogP contribution in [-0.4, -0.2) is 29.3 Å². The lowest BCUT2D eigenvalue weighted by Crippen LogP contribution is -2.43. The molecule has 1 N–H and O–H groups in total. The number of carbonyl (C=O) groups excluding carboxylic acids is 2. The van der Waals surface area contributed by atoms with Crippen molar-refractivity contribution < 1.29 is 9.59 Å². The van der Waals surface area contributed by atoms with Gasteiger partial charge in [-0.3, -0.25) is 9.59 Å². The van der Waals surface area contributed by atoms with Crippen LogP contribution in [0.3, 0.4) is 0 Å². The van der Waals surface area contributed by atoms with Gasteiger partial charge >= 0.3 is 0 Å². The van der Waals surface area contributed by atoms with Gasteiger partial charge in [0.15, 0.2) is 0 Å². The fraction of sp³-hybridized carbons (Fsp3) is 0.250. The molecule has 23 heavy (non-hydrogen) atoms. The van der Waals surface area contributed by atoms with E-state index in [-0.39, 0.29) is 11.8 Å². The Balaban J connectivity index is 1.74. The first-order valence-corrected chi connectivity index (χ1v) is 9.63. The van der Waals surface area contributed by atoms with E-state index >= 15 is 0 Å². The molecule has 1 fully saturated rings. The zero-order valence-electron chi connectivity index (χ0n) is 12.1. The minimum absolute atomic E-state index is 0.0625. The Morgan fingerprint density at radius 1 is 1.26 bits per heavy atom. The molecule has 120 valence electrons. The standard InChI is InChI=1S/C16H14Br2N2O2S/c17-10-5-6-12(11(18)9-10)19-15(21)13-3-1-7-20(13)16(22)14-4-2-8-23-14/h2,4-6,8-9,13H,1,3,7H2,(H,19,21). The SMILES string of the molecule is O=C(Nc1ccc(Br)cc1Br)C1CCCN1C(=O)c1cccs1. The molecule has 0 radical (unpaired) electrons. The molecule has 1 aliphatic rings. The van der Waals surface area contributed by atoms with Gasteiger partial charge < -0.3 is 10.2 Å². The van der Waals surface area contributed by atoms with E-state index in [0.29, 0.717) is 23.5 Å². The van der Waals surface area contributed by atoms with Crippen molar-refractivity contribution in [2.75, 3.05) is 11.9 Å². The average molecular weight is 458 g/mol. The van der Waals surface area contributed by atoms with E-state index in [2.05, 4.69) is 37.2 Å². The Morgan fingerprint density at radius 2 is 2.09 bits per heavy atom. The third kappa shape index (κ3) is 3.67. The average Bonchev–Trinajstić information content (AvgIpc) is 3.20. The number of anilines is 1. The molecule has 3 rings (SSSR count). The number of hydrogen-bond donors (Lipinski definition) is 1. The van der Waals surface area contributed by atoms with Gasteiger partial charge in [0.25, 0.3) is 5.91 Å². The summed E-state index contributed by atoms with van der Waals surface area (Å²) in [5.41, 5.74) is 0.702. The van der Waals surface area contributed by atoms with E-state index in [4.69, 9.17) is 0 Å². The van der Waals surface area contributed by atoms with Crippen LogP contribution < -0.4 is 5.32 Å². The van der Waals surface area contributed by atoms with Gasteiger partial charge in [-0.05, 0) is 58.4 Å². The second-order valence-corrected chi connectivity index (χ2v) is 7.97. The van der Waals surface area contributed by atoms with Crippen LogP contribution in [0.15, 0.2) is 44.7 Å². The van der Waals surface area contributed by atoms with Crippen LogP contribution in [0.25, 0.3) is 0 Å². The molecular weight excluding hydrogens is 444 g/mol. The van der Waals surface area contributed by atoms with Gasteiger partial charge in [0.2, 0.25) is 5.91 Å². The van der Waals surface area contributed by atoms with Crippen molar-refractivity contribution in [3.8, 4) is 0 Å². The van der Waals surface area contributed by atoms with Gasteiger partial charge in [-0.2, -0.15) is 0 Å². The molecule has 1 unspecified atom stereocenters. The highest BCUT2D eigenvalue weighted by Crippen LogP contribution is 2.28. The smallest absolute Gasteiger partial charge is 0.264 e. The molecule has 1 aromatic carbocycles. The molecular formula is C16H14Br2N2O2S. The van der Waals surface area contributed by atoms with Gasteiger partial charge in [0.05, 0.1) is 10.6 Å². The number of rotatable bonds is 3. The number of nitrogens with one attached hydrogen (secondary N) is 1. The van der Waals surface area contributed by atoms with Crippen LogP contribution >= 0.6 is 43.2 Å². The van der Waals surface area contributed by atoms with Gasteiger partial charge in [-0.15, -0.1) is 11.3 Å². The van der Waals surface area contributed by atoms with Crippen molar-refractivity contribution in [3.05, 3.63) is 49.5 Å². The van der Waals surface area contributed by atoms with Crippen LogP contribution in [0, 0.1) is 0 Å². The molecule has 7 heteroatoms. The molecule has 4 nitrogen and oxygen atoms in total. The first kappa shape index (κ1) is 16.7. The van der Waals surface area contributed by atoms with E-state index < -0.39 is 6.04 Å². The van der Waals surface area contributed by atoms with Gasteiger partial charge in [0.1, 0.15) is 6.04 Å². The third-order valence-corrected chi connectivity index (χ3v) is 5.74. The third-order valence-electron chi connectivity index (χ3n) is 3.74. The molecule has 2 amide bonds. The first-order chi connectivity index (χ1) is 11.1. The lowest BCUT2D eigenvalue weighted by Gasteiger charge is -2.23. The minimum Gasteiger partial charge on any atom is -0.326 e. The molecule has 1 atom stereocenters. The Bertz CT molecular complexity index is 734. The summed E-state index contributed by atoms with van der Waals surface area (Å²) >= 11 is 8.23. The maximum atomic E-state index is 12.6. The van der Waals surface area contributed by atoms with Crippen LogP contribution in [0.5, 0.6) is 0 Å². The highest BCUT2D eigenvalue weighted by molar-refractivity contribution is 9.11. The molecule has 2 aromatic rings. The summed E-state index contributed by atoms with van der Waals surface area (Å²) in [4.78, 5) is 27.5. The van der Waals surface area contributed by atoms with Crippen molar-refractivity contribution >= 4 is 60.7 Å². The highest BCUT2D eigenvalue weighted by atomic mass is 79.9. The normalized spacial score (nSPS) is 17.3. The monoisotopic (exact) mass is 456 g/mol. The molecule has 0 spiro atoms. The molecule has 0 bridgehead atoms. The van der Waals surface area contributed by atoms with Crippen molar-refractivity contribution in [2.45, 2.75) is 18.9 Å². The van der Waals surface area contributed by atoms with E-state index in [1.165, 1.54) is 11.3 Å². The van der Waals surface area contributed by atoms with Gasteiger partial charge in [-0.1, -0.05) is 22.0 Å². The fourth-order valence-corrected chi connectivity index (χ4v) is 4.46. The fourth-order valence-electron chi connectivity index (χ4n) is 2.63. The van der Waals surface area contributed by atoms with E-state index in [0.717, 1.165) is 15.4 Å². The maximum Gasteiger partial charge on any atom is 0.264 e. The van der Waals surface area contributed by atoms with Crippen LogP contribution in [-0.2, 0) is 4.79 Å². The predicted molar refractivity (Wildman–Crippen MR) is 98.8 cm³/mol. The molecule has 0 saturated carbocycles. The van der Waals surface area contributed by atoms with Crippen LogP contribution in [0.1, 0.15) is 22.5 Å². The first-order valence-electron chi connectivity index (χ1n) is 7.16. The summed E-state index contributed by atoms with van der Waals surface area (Å²) in [6, 6.07) is 8.79. The van der Waals surface area contributed by atoms with E-state index in [1.807, 2.05) is 29.6 Å². The second-order valence-electron chi connectivity index (χ2n) is 5.25. The van der Waals surface area contributed by atoms with Crippen molar-refractivity contribution in [1.82, 2.24) is 4.90 Å². The van der Waals surface area contributed by atoms with Gasteiger partial charge in [-0.25, -0.2) is 0 Å². The molecule has 1 saturated heterocycles. The lowest BCUT2D eigenvalue weighted by molar-refractivity contribution is -0.119. The van der Waals surface area contributed by atoms with Crippen molar-refractivity contribution in [1.29, 1.82) is 0 Å². The summed E-state index contributed by atoms with van der Waals surface area (Å²) in [6.45, 7) is 0.621. The zero-order chi connectivity index (χ0) is 16.4. The van der Waals surface area contributed by atoms with Gasteiger partial charge in [0, 0.05) is 15.5 Å². The number of amides is 2. The second kappa shape index (κ2) is 7.15. The van der Waals surface area contributed by atoms with Crippen molar-refractivity contribution in [2.24, 2.45) is 0 Å². The quantitative estimate of drug-likeness (QED) is 0.736. The number of carbonyl (C=O) groups is 2. The largest absolute Gasteiger partial charge is 0.326 e. The predicted octanol–water partition coefficient (Wildman–Crippen LogP) is 4.52. The zero-order valence-corrected chi connectivity index (χ0v) is 16.1. The Morgan fingerprint density at radius 3 is 2.78 bits per heavy atom. The molecule has 1 aliphatic heterocycles. The summed E-state index contributed by atoms with van der Waals surface area (Å²) in [5.74, 6) is -0.206. The number of likely N-dealkylation sites (tertiary alicyclic amines) is 1. The highest BCUT2D eigenvalue weighted by Gasteiger charge is 2.35. The molecule has 0 aliphatic carbocycles. The Labute approximate surface area is 155 Å². The number of benzene rings is 1. The Hall–Kier alpha value is -1.18. The van der Waals surface area contributed by atoms with E-state index in [1.54, 1.807) is 11.0 Å². The number of nitrogens with zero attached hydrogens (tertiary/aromatic N) is 1. The Kier molecular flexibility index (Phi) is 5.18. The summed E-state index contributed by atoms with van der Waals surface area (Å²) < 4.78 is 1.73. The number of hydrogen-bond acceptors (Lipinski definition) is 3. The summed E-state index contributed by atoms with van der Waals surface area (Å²) in [7, 11) is 0. The lowest BCUT2D eigenvalue weighted by atomic mass is 10.2. The van der Waals surface area contributed by atoms with Crippen molar-refractivity contribution in [3.63, 3.8) is 0 Å². The summed E-state index contributed by atoms with van der Waals surface area (Å²) in [6.07, 6.45) is 1.54. The molecule has 2 heterocycles.